The Morgan fingerprint density at radius 2 is 2.00 bits per heavy atom. The van der Waals surface area contributed by atoms with Crippen LogP contribution in [0.3, 0.4) is 0 Å². The molecule has 1 fully saturated rings. The van der Waals surface area contributed by atoms with Gasteiger partial charge in [0.1, 0.15) is 0 Å². The minimum Gasteiger partial charge on any atom is -0.384 e. The SMILES string of the molecule is Cc1cc(N2CCNCC2)c(C)cc1CCNc1ccsc1. The molecule has 0 bridgehead atoms. The van der Waals surface area contributed by atoms with Crippen LogP contribution in [0.1, 0.15) is 16.7 Å². The number of hydrogen-bond acceptors (Lipinski definition) is 4. The van der Waals surface area contributed by atoms with Crippen molar-refractivity contribution in [3.63, 3.8) is 0 Å². The second-order valence-corrected chi connectivity index (χ2v) is 6.77. The summed E-state index contributed by atoms with van der Waals surface area (Å²) in [6, 6.07) is 6.89. The molecule has 4 heteroatoms. The number of aryl methyl sites for hydroxylation is 2. The lowest BCUT2D eigenvalue weighted by molar-refractivity contribution is 0.588. The average Bonchev–Trinajstić information content (AvgIpc) is 3.04. The summed E-state index contributed by atoms with van der Waals surface area (Å²) >= 11 is 1.74. The standard InChI is InChI=1S/C18H25N3S/c1-14-12-18(21-8-6-19-7-9-21)15(2)11-16(14)3-5-20-17-4-10-22-13-17/h4,10-13,19-20H,3,5-9H2,1-2H3. The van der Waals surface area contributed by atoms with Crippen LogP contribution in [0.25, 0.3) is 0 Å². The largest absolute Gasteiger partial charge is 0.384 e. The van der Waals surface area contributed by atoms with E-state index >= 15 is 0 Å². The molecule has 22 heavy (non-hydrogen) atoms. The second-order valence-electron chi connectivity index (χ2n) is 5.99. The minimum atomic E-state index is 0.990. The van der Waals surface area contributed by atoms with E-state index in [0.29, 0.717) is 0 Å². The van der Waals surface area contributed by atoms with E-state index in [0.717, 1.165) is 39.1 Å². The Bertz CT molecular complexity index is 601. The highest BCUT2D eigenvalue weighted by Crippen LogP contribution is 2.25. The molecule has 0 spiro atoms. The van der Waals surface area contributed by atoms with Crippen molar-refractivity contribution in [2.75, 3.05) is 42.9 Å². The molecule has 1 aromatic carbocycles. The Hall–Kier alpha value is -1.52. The van der Waals surface area contributed by atoms with E-state index in [9.17, 15) is 0 Å². The number of rotatable bonds is 5. The third kappa shape index (κ3) is 3.62. The summed E-state index contributed by atoms with van der Waals surface area (Å²) < 4.78 is 0. The Morgan fingerprint density at radius 1 is 1.18 bits per heavy atom. The number of benzene rings is 1. The van der Waals surface area contributed by atoms with Gasteiger partial charge in [-0.05, 0) is 54.5 Å². The maximum Gasteiger partial charge on any atom is 0.0448 e. The summed E-state index contributed by atoms with van der Waals surface area (Å²) in [7, 11) is 0. The zero-order valence-corrected chi connectivity index (χ0v) is 14.3. The third-order valence-corrected chi connectivity index (χ3v) is 5.04. The summed E-state index contributed by atoms with van der Waals surface area (Å²) in [6.45, 7) is 9.87. The van der Waals surface area contributed by atoms with E-state index in [2.05, 4.69) is 58.3 Å². The monoisotopic (exact) mass is 315 g/mol. The fourth-order valence-electron chi connectivity index (χ4n) is 3.08. The molecule has 3 nitrogen and oxygen atoms in total. The van der Waals surface area contributed by atoms with Crippen LogP contribution in [0.5, 0.6) is 0 Å². The molecule has 0 unspecified atom stereocenters. The number of piperazine rings is 1. The maximum atomic E-state index is 3.49. The number of nitrogens with zero attached hydrogens (tertiary/aromatic N) is 1. The van der Waals surface area contributed by atoms with Crippen molar-refractivity contribution in [2.24, 2.45) is 0 Å². The number of nitrogens with one attached hydrogen (secondary N) is 2. The molecule has 1 aliphatic heterocycles. The summed E-state index contributed by atoms with van der Waals surface area (Å²) in [5, 5.41) is 11.2. The van der Waals surface area contributed by atoms with Crippen molar-refractivity contribution in [3.05, 3.63) is 45.6 Å². The quantitative estimate of drug-likeness (QED) is 0.885. The molecule has 0 atom stereocenters. The number of hydrogen-bond donors (Lipinski definition) is 2. The Morgan fingerprint density at radius 3 is 2.73 bits per heavy atom. The fourth-order valence-corrected chi connectivity index (χ4v) is 3.70. The lowest BCUT2D eigenvalue weighted by Crippen LogP contribution is -2.43. The highest BCUT2D eigenvalue weighted by molar-refractivity contribution is 7.08. The van der Waals surface area contributed by atoms with Crippen LogP contribution >= 0.6 is 11.3 Å². The van der Waals surface area contributed by atoms with Crippen LogP contribution in [0.2, 0.25) is 0 Å². The van der Waals surface area contributed by atoms with Gasteiger partial charge in [0.25, 0.3) is 0 Å². The van der Waals surface area contributed by atoms with Crippen LogP contribution in [0.15, 0.2) is 29.0 Å². The summed E-state index contributed by atoms with van der Waals surface area (Å²) in [6.07, 6.45) is 1.07. The fraction of sp³-hybridized carbons (Fsp3) is 0.444. The summed E-state index contributed by atoms with van der Waals surface area (Å²) in [4.78, 5) is 2.51. The smallest absolute Gasteiger partial charge is 0.0448 e. The van der Waals surface area contributed by atoms with E-state index in [-0.39, 0.29) is 0 Å². The molecule has 1 aliphatic rings. The molecule has 118 valence electrons. The van der Waals surface area contributed by atoms with Crippen molar-refractivity contribution in [2.45, 2.75) is 20.3 Å². The molecule has 2 aromatic rings. The molecule has 0 aliphatic carbocycles. The Kier molecular flexibility index (Phi) is 5.01. The second kappa shape index (κ2) is 7.16. The van der Waals surface area contributed by atoms with Crippen molar-refractivity contribution in [1.82, 2.24) is 5.32 Å². The van der Waals surface area contributed by atoms with Gasteiger partial charge in [0.05, 0.1) is 0 Å². The highest BCUT2D eigenvalue weighted by atomic mass is 32.1. The van der Waals surface area contributed by atoms with Gasteiger partial charge in [0.2, 0.25) is 0 Å². The molecule has 2 heterocycles. The van der Waals surface area contributed by atoms with Crippen molar-refractivity contribution in [1.29, 1.82) is 0 Å². The maximum absolute atomic E-state index is 3.49. The first-order valence-corrected chi connectivity index (χ1v) is 9.00. The minimum absolute atomic E-state index is 0.990. The molecule has 0 amide bonds. The van der Waals surface area contributed by atoms with Gasteiger partial charge < -0.3 is 15.5 Å². The first kappa shape index (κ1) is 15.4. The van der Waals surface area contributed by atoms with E-state index < -0.39 is 0 Å². The van der Waals surface area contributed by atoms with Crippen molar-refractivity contribution in [3.8, 4) is 0 Å². The predicted molar refractivity (Wildman–Crippen MR) is 97.5 cm³/mol. The van der Waals surface area contributed by atoms with E-state index in [1.807, 2.05) is 0 Å². The molecule has 0 radical (unpaired) electrons. The van der Waals surface area contributed by atoms with Crippen molar-refractivity contribution < 1.29 is 0 Å². The first-order valence-electron chi connectivity index (χ1n) is 8.06. The van der Waals surface area contributed by atoms with Crippen LogP contribution in [0, 0.1) is 13.8 Å². The van der Waals surface area contributed by atoms with Gasteiger partial charge in [0, 0.05) is 49.5 Å². The lowest BCUT2D eigenvalue weighted by Gasteiger charge is -2.31. The molecule has 3 rings (SSSR count). The number of anilines is 2. The molecule has 1 saturated heterocycles. The van der Waals surface area contributed by atoms with E-state index in [1.165, 1.54) is 28.1 Å². The van der Waals surface area contributed by atoms with Crippen LogP contribution in [0.4, 0.5) is 11.4 Å². The number of thiophene rings is 1. The van der Waals surface area contributed by atoms with Crippen LogP contribution < -0.4 is 15.5 Å². The van der Waals surface area contributed by atoms with Crippen LogP contribution in [-0.4, -0.2) is 32.7 Å². The average molecular weight is 315 g/mol. The third-order valence-electron chi connectivity index (χ3n) is 4.36. The van der Waals surface area contributed by atoms with Gasteiger partial charge >= 0.3 is 0 Å². The topological polar surface area (TPSA) is 27.3 Å². The van der Waals surface area contributed by atoms with Gasteiger partial charge in [-0.1, -0.05) is 6.07 Å². The summed E-state index contributed by atoms with van der Waals surface area (Å²) in [5.41, 5.74) is 6.91. The lowest BCUT2D eigenvalue weighted by atomic mass is 10.00. The van der Waals surface area contributed by atoms with E-state index in [1.54, 1.807) is 11.3 Å². The molecular weight excluding hydrogens is 290 g/mol. The predicted octanol–water partition coefficient (Wildman–Crippen LogP) is 3.43. The Balaban J connectivity index is 1.66. The highest BCUT2D eigenvalue weighted by Gasteiger charge is 2.14. The molecule has 2 N–H and O–H groups in total. The first-order chi connectivity index (χ1) is 10.7. The van der Waals surface area contributed by atoms with E-state index in [4.69, 9.17) is 0 Å². The molecular formula is C18H25N3S. The van der Waals surface area contributed by atoms with Gasteiger partial charge in [-0.2, -0.15) is 11.3 Å². The zero-order chi connectivity index (χ0) is 15.4. The van der Waals surface area contributed by atoms with Gasteiger partial charge in [0.15, 0.2) is 0 Å². The van der Waals surface area contributed by atoms with Crippen LogP contribution in [-0.2, 0) is 6.42 Å². The normalized spacial score (nSPS) is 15.1. The molecule has 0 saturated carbocycles. The van der Waals surface area contributed by atoms with Gasteiger partial charge in [-0.3, -0.25) is 0 Å². The molecule has 1 aromatic heterocycles. The van der Waals surface area contributed by atoms with Gasteiger partial charge in [-0.25, -0.2) is 0 Å². The summed E-state index contributed by atoms with van der Waals surface area (Å²) in [5.74, 6) is 0. The van der Waals surface area contributed by atoms with Gasteiger partial charge in [-0.15, -0.1) is 0 Å². The van der Waals surface area contributed by atoms with Crippen molar-refractivity contribution >= 4 is 22.7 Å². The Labute approximate surface area is 137 Å². The zero-order valence-electron chi connectivity index (χ0n) is 13.5.